The number of carbonyl (C=O) groups is 2. The molecular formula is C39H29N3O6S2. The fraction of sp³-hybridized carbons (Fsp3) is 0.128. The second kappa shape index (κ2) is 13.7. The minimum atomic E-state index is -1.01. The van der Waals surface area contributed by atoms with Gasteiger partial charge >= 0.3 is 5.91 Å². The standard InChI is InChI=1S/C39H29N3O6S2/c43-35(27-16-17-31-32(21-27)47-19-18-46-31)33-34(26-12-7-14-29(20-26)48-22-24-8-2-1-3-9-24)42(37(45)36(33)44)38-40-41-39(50-38)49-23-28-13-6-11-25-10-4-5-15-30(25)28/h1-17,20-21,34,43H,18-19,22-23H2. The molecule has 1 saturated heterocycles. The third-order valence-corrected chi connectivity index (χ3v) is 10.6. The summed E-state index contributed by atoms with van der Waals surface area (Å²) < 4.78 is 18.1. The lowest BCUT2D eigenvalue weighted by Crippen LogP contribution is -2.29. The number of hydrogen-bond acceptors (Lipinski definition) is 10. The smallest absolute Gasteiger partial charge is 0.301 e. The molecule has 1 amide bonds. The van der Waals surface area contributed by atoms with Crippen LogP contribution in [0.3, 0.4) is 0 Å². The SMILES string of the molecule is O=C1C(=O)N(c2nnc(SCc3cccc4ccccc34)s2)C(c2cccc(OCc3ccccc3)c2)C1=C(O)c1ccc2c(c1)OCCO2. The molecule has 1 aromatic heterocycles. The van der Waals surface area contributed by atoms with E-state index >= 15 is 0 Å². The van der Waals surface area contributed by atoms with Crippen LogP contribution in [0.15, 0.2) is 125 Å². The maximum atomic E-state index is 13.9. The first-order chi connectivity index (χ1) is 24.5. The minimum absolute atomic E-state index is 0.0768. The predicted octanol–water partition coefficient (Wildman–Crippen LogP) is 7.96. The molecule has 8 rings (SSSR count). The first kappa shape index (κ1) is 31.6. The molecule has 0 saturated carbocycles. The van der Waals surface area contributed by atoms with Gasteiger partial charge in [-0.3, -0.25) is 14.5 Å². The largest absolute Gasteiger partial charge is 0.507 e. The molecule has 0 bridgehead atoms. The molecule has 5 aromatic carbocycles. The highest BCUT2D eigenvalue weighted by Crippen LogP contribution is 2.45. The van der Waals surface area contributed by atoms with Crippen molar-refractivity contribution < 1.29 is 28.9 Å². The Balaban J connectivity index is 1.15. The first-order valence-corrected chi connectivity index (χ1v) is 17.7. The quantitative estimate of drug-likeness (QED) is 0.0528. The fourth-order valence-electron chi connectivity index (χ4n) is 6.12. The number of carbonyl (C=O) groups excluding carboxylic acids is 2. The van der Waals surface area contributed by atoms with Gasteiger partial charge in [-0.05, 0) is 57.8 Å². The molecule has 0 radical (unpaired) electrons. The molecule has 9 nitrogen and oxygen atoms in total. The number of aliphatic hydroxyl groups excluding tert-OH is 1. The van der Waals surface area contributed by atoms with E-state index in [9.17, 15) is 14.7 Å². The molecule has 1 N–H and O–H groups in total. The number of Topliss-reactive ketones (excluding diaryl/α,β-unsaturated/α-hetero) is 1. The summed E-state index contributed by atoms with van der Waals surface area (Å²) in [4.78, 5) is 29.1. The van der Waals surface area contributed by atoms with Gasteiger partial charge in [0.2, 0.25) is 5.13 Å². The Hall–Kier alpha value is -5.65. The Bertz CT molecular complexity index is 2270. The van der Waals surface area contributed by atoms with Gasteiger partial charge in [-0.25, -0.2) is 0 Å². The number of aromatic nitrogens is 2. The van der Waals surface area contributed by atoms with Crippen LogP contribution in [0.5, 0.6) is 17.2 Å². The highest BCUT2D eigenvalue weighted by Gasteiger charge is 2.48. The lowest BCUT2D eigenvalue weighted by Gasteiger charge is -2.23. The van der Waals surface area contributed by atoms with Crippen LogP contribution in [0, 0.1) is 0 Å². The Morgan fingerprint density at radius 3 is 2.52 bits per heavy atom. The fourth-order valence-corrected chi connectivity index (χ4v) is 7.99. The molecular weight excluding hydrogens is 671 g/mol. The summed E-state index contributed by atoms with van der Waals surface area (Å²) in [5.74, 6) is 0.182. The Labute approximate surface area is 295 Å². The second-order valence-electron chi connectivity index (χ2n) is 11.7. The number of amides is 1. The number of rotatable bonds is 9. The van der Waals surface area contributed by atoms with Crippen LogP contribution in [0.4, 0.5) is 5.13 Å². The molecule has 2 aliphatic heterocycles. The van der Waals surface area contributed by atoms with Gasteiger partial charge in [0.05, 0.1) is 11.6 Å². The summed E-state index contributed by atoms with van der Waals surface area (Å²) in [5, 5.41) is 23.1. The molecule has 1 atom stereocenters. The predicted molar refractivity (Wildman–Crippen MR) is 193 cm³/mol. The number of hydrogen-bond donors (Lipinski definition) is 1. The van der Waals surface area contributed by atoms with E-state index in [1.807, 2.05) is 54.6 Å². The summed E-state index contributed by atoms with van der Waals surface area (Å²) >= 11 is 2.73. The second-order valence-corrected chi connectivity index (χ2v) is 13.8. The minimum Gasteiger partial charge on any atom is -0.507 e. The molecule has 248 valence electrons. The van der Waals surface area contributed by atoms with Crippen LogP contribution < -0.4 is 19.1 Å². The zero-order valence-electron chi connectivity index (χ0n) is 26.5. The van der Waals surface area contributed by atoms with E-state index in [0.29, 0.717) is 58.3 Å². The average molecular weight is 700 g/mol. The first-order valence-electron chi connectivity index (χ1n) is 15.9. The molecule has 2 aliphatic rings. The van der Waals surface area contributed by atoms with Crippen molar-refractivity contribution >= 4 is 56.5 Å². The van der Waals surface area contributed by atoms with Crippen molar-refractivity contribution in [2.45, 2.75) is 22.7 Å². The van der Waals surface area contributed by atoms with Gasteiger partial charge < -0.3 is 19.3 Å². The van der Waals surface area contributed by atoms with E-state index < -0.39 is 17.7 Å². The van der Waals surface area contributed by atoms with Crippen molar-refractivity contribution in [2.24, 2.45) is 0 Å². The normalized spacial score (nSPS) is 16.6. The van der Waals surface area contributed by atoms with Crippen LogP contribution in [0.1, 0.15) is 28.3 Å². The Kier molecular flexibility index (Phi) is 8.66. The van der Waals surface area contributed by atoms with Crippen LogP contribution >= 0.6 is 23.1 Å². The third-order valence-electron chi connectivity index (χ3n) is 8.52. The maximum Gasteiger partial charge on any atom is 0.301 e. The van der Waals surface area contributed by atoms with Crippen molar-refractivity contribution in [3.63, 3.8) is 0 Å². The average Bonchev–Trinajstić information content (AvgIpc) is 3.74. The van der Waals surface area contributed by atoms with Crippen LogP contribution in [0.25, 0.3) is 16.5 Å². The number of nitrogens with zero attached hydrogens (tertiary/aromatic N) is 3. The number of benzene rings is 5. The number of aliphatic hydroxyl groups is 1. The van der Waals surface area contributed by atoms with Gasteiger partial charge in [0, 0.05) is 11.3 Å². The number of thioether (sulfide) groups is 1. The van der Waals surface area contributed by atoms with Gasteiger partial charge in [-0.15, -0.1) is 10.2 Å². The van der Waals surface area contributed by atoms with Gasteiger partial charge in [0.15, 0.2) is 15.8 Å². The monoisotopic (exact) mass is 699 g/mol. The van der Waals surface area contributed by atoms with E-state index in [1.165, 1.54) is 28.0 Å². The molecule has 3 heterocycles. The van der Waals surface area contributed by atoms with Crippen molar-refractivity contribution in [3.05, 3.63) is 143 Å². The van der Waals surface area contributed by atoms with Crippen molar-refractivity contribution in [3.8, 4) is 17.2 Å². The molecule has 50 heavy (non-hydrogen) atoms. The zero-order valence-corrected chi connectivity index (χ0v) is 28.2. The zero-order chi connectivity index (χ0) is 34.0. The topological polar surface area (TPSA) is 111 Å². The van der Waals surface area contributed by atoms with Crippen molar-refractivity contribution in [2.75, 3.05) is 18.1 Å². The molecule has 6 aromatic rings. The lowest BCUT2D eigenvalue weighted by atomic mass is 9.95. The molecule has 0 aliphatic carbocycles. The van der Waals surface area contributed by atoms with Crippen LogP contribution in [-0.4, -0.2) is 40.2 Å². The van der Waals surface area contributed by atoms with Gasteiger partial charge in [-0.2, -0.15) is 0 Å². The summed E-state index contributed by atoms with van der Waals surface area (Å²) in [6.45, 7) is 1.10. The summed E-state index contributed by atoms with van der Waals surface area (Å²) in [7, 11) is 0. The maximum absolute atomic E-state index is 13.9. The lowest BCUT2D eigenvalue weighted by molar-refractivity contribution is -0.132. The third kappa shape index (κ3) is 6.17. The number of ether oxygens (including phenoxy) is 3. The number of fused-ring (bicyclic) bond motifs is 2. The van der Waals surface area contributed by atoms with E-state index in [2.05, 4.69) is 34.5 Å². The van der Waals surface area contributed by atoms with Crippen LogP contribution in [0.2, 0.25) is 0 Å². The summed E-state index contributed by atoms with van der Waals surface area (Å²) in [6, 6.07) is 35.3. The number of ketones is 1. The van der Waals surface area contributed by atoms with E-state index in [4.69, 9.17) is 14.2 Å². The van der Waals surface area contributed by atoms with E-state index in [-0.39, 0.29) is 16.5 Å². The van der Waals surface area contributed by atoms with Gasteiger partial charge in [0.25, 0.3) is 5.78 Å². The highest BCUT2D eigenvalue weighted by molar-refractivity contribution is 8.00. The van der Waals surface area contributed by atoms with E-state index in [0.717, 1.165) is 21.9 Å². The van der Waals surface area contributed by atoms with Gasteiger partial charge in [-0.1, -0.05) is 108 Å². The summed E-state index contributed by atoms with van der Waals surface area (Å²) in [5.41, 5.74) is 2.94. The molecule has 11 heteroatoms. The van der Waals surface area contributed by atoms with Crippen molar-refractivity contribution in [1.29, 1.82) is 0 Å². The highest BCUT2D eigenvalue weighted by atomic mass is 32.2. The molecule has 1 fully saturated rings. The van der Waals surface area contributed by atoms with Gasteiger partial charge in [0.1, 0.15) is 31.3 Å². The number of anilines is 1. The summed E-state index contributed by atoms with van der Waals surface area (Å²) in [6.07, 6.45) is 0. The molecule has 0 spiro atoms. The van der Waals surface area contributed by atoms with Crippen LogP contribution in [-0.2, 0) is 21.9 Å². The van der Waals surface area contributed by atoms with E-state index in [1.54, 1.807) is 36.4 Å². The van der Waals surface area contributed by atoms with Crippen molar-refractivity contribution in [1.82, 2.24) is 10.2 Å². The molecule has 1 unspecified atom stereocenters. The Morgan fingerprint density at radius 2 is 1.64 bits per heavy atom. The Morgan fingerprint density at radius 1 is 0.860 bits per heavy atom.